The molecule has 2 aromatic heterocycles. The van der Waals surface area contributed by atoms with Crippen molar-refractivity contribution in [2.24, 2.45) is 31.0 Å². The van der Waals surface area contributed by atoms with Gasteiger partial charge in [-0.1, -0.05) is 69.2 Å². The van der Waals surface area contributed by atoms with Crippen LogP contribution in [0.5, 0.6) is 0 Å². The second-order valence-corrected chi connectivity index (χ2v) is 23.8. The van der Waals surface area contributed by atoms with E-state index in [1.165, 1.54) is 22.5 Å². The van der Waals surface area contributed by atoms with Gasteiger partial charge in [0.1, 0.15) is 18.2 Å². The fourth-order valence-corrected chi connectivity index (χ4v) is 10.8. The Labute approximate surface area is 421 Å². The topological polar surface area (TPSA) is 188 Å². The van der Waals surface area contributed by atoms with Gasteiger partial charge in [-0.2, -0.15) is 10.2 Å². The Morgan fingerprint density at radius 1 is 0.690 bits per heavy atom. The summed E-state index contributed by atoms with van der Waals surface area (Å²) in [6.45, 7) is 37.4. The molecule has 4 atom stereocenters. The van der Waals surface area contributed by atoms with Gasteiger partial charge in [-0.05, 0) is 113 Å². The zero-order valence-electron chi connectivity index (χ0n) is 45.3. The third-order valence-corrected chi connectivity index (χ3v) is 14.5. The molecule has 4 unspecified atom stereocenters. The Morgan fingerprint density at radius 2 is 1.13 bits per heavy atom. The highest BCUT2D eigenvalue weighted by molar-refractivity contribution is 6.51. The predicted octanol–water partition coefficient (Wildman–Crippen LogP) is 8.87. The first kappa shape index (κ1) is 52.1. The average Bonchev–Trinajstić information content (AvgIpc) is 4.05. The van der Waals surface area contributed by atoms with E-state index in [2.05, 4.69) is 143 Å². The molecule has 3 N–H and O–H groups in total. The number of nitrogens with zero attached hydrogens (tertiary/aromatic N) is 12. The number of aryl methyl sites for hydroxylation is 2. The van der Waals surface area contributed by atoms with Crippen molar-refractivity contribution in [1.29, 1.82) is 0 Å². The summed E-state index contributed by atoms with van der Waals surface area (Å²) in [6.07, 6.45) is 1.96. The van der Waals surface area contributed by atoms with Crippen LogP contribution in [0.3, 0.4) is 0 Å². The van der Waals surface area contributed by atoms with Crippen LogP contribution in [0.1, 0.15) is 179 Å². The van der Waals surface area contributed by atoms with Crippen LogP contribution in [-0.4, -0.2) is 127 Å². The molecule has 0 saturated carbocycles. The minimum atomic E-state index is -0.292. The number of nitrogens with one attached hydrogen (secondary N) is 1. The normalized spacial score (nSPS) is 21.3. The Balaban J connectivity index is 0.879. The number of ether oxygens (including phenoxy) is 2. The zero-order valence-corrected chi connectivity index (χ0v) is 45.3. The van der Waals surface area contributed by atoms with Crippen LogP contribution in [0.15, 0.2) is 44.5 Å². The number of anilines is 2. The highest BCUT2D eigenvalue weighted by Crippen LogP contribution is 2.47. The molecule has 0 aliphatic carbocycles. The van der Waals surface area contributed by atoms with Crippen molar-refractivity contribution in [2.45, 2.75) is 158 Å². The van der Waals surface area contributed by atoms with Crippen LogP contribution in [0.2, 0.25) is 0 Å². The molecule has 6 heterocycles. The molecule has 17 heteroatoms. The van der Waals surface area contributed by atoms with Crippen molar-refractivity contribution in [3.63, 3.8) is 0 Å². The Kier molecular flexibility index (Phi) is 14.4. The van der Waals surface area contributed by atoms with Crippen molar-refractivity contribution in [3.05, 3.63) is 69.8 Å². The molecule has 17 nitrogen and oxygen atoms in total. The summed E-state index contributed by atoms with van der Waals surface area (Å²) in [7, 11) is 0. The van der Waals surface area contributed by atoms with Gasteiger partial charge in [0.05, 0.1) is 49.3 Å². The van der Waals surface area contributed by atoms with Gasteiger partial charge < -0.3 is 29.5 Å². The highest BCUT2D eigenvalue weighted by atomic mass is 16.7. The average molecular weight is 974 g/mol. The predicted molar refractivity (Wildman–Crippen MR) is 284 cm³/mol. The maximum absolute atomic E-state index is 9.93. The van der Waals surface area contributed by atoms with E-state index in [0.717, 1.165) is 58.2 Å². The van der Waals surface area contributed by atoms with Crippen molar-refractivity contribution in [3.8, 4) is 0 Å². The van der Waals surface area contributed by atoms with Gasteiger partial charge in [0.25, 0.3) is 0 Å². The number of aliphatic hydroxyl groups is 2. The Bertz CT molecular complexity index is 2580. The molecule has 2 aromatic carbocycles. The second kappa shape index (κ2) is 19.7. The Hall–Kier alpha value is -5.20. The van der Waals surface area contributed by atoms with Gasteiger partial charge in [0.2, 0.25) is 11.6 Å². The molecule has 4 aliphatic heterocycles. The van der Waals surface area contributed by atoms with Crippen LogP contribution >= 0.6 is 0 Å². The van der Waals surface area contributed by atoms with Gasteiger partial charge in [-0.15, -0.1) is 19.8 Å². The lowest BCUT2D eigenvalue weighted by atomic mass is 9.79. The first-order chi connectivity index (χ1) is 33.3. The molecule has 0 radical (unpaired) electrons. The number of aromatic nitrogens is 6. The van der Waals surface area contributed by atoms with Crippen LogP contribution in [0.4, 0.5) is 22.7 Å². The first-order valence-electron chi connectivity index (χ1n) is 25.6. The zero-order chi connectivity index (χ0) is 51.5. The van der Waals surface area contributed by atoms with E-state index in [9.17, 15) is 10.2 Å². The molecular formula is C54H79N13O4. The molecule has 0 bridgehead atoms. The van der Waals surface area contributed by atoms with Crippen molar-refractivity contribution < 1.29 is 19.7 Å². The van der Waals surface area contributed by atoms with Crippen LogP contribution in [0.25, 0.3) is 0 Å². The number of aliphatic hydroxyl groups excluding tert-OH is 2. The summed E-state index contributed by atoms with van der Waals surface area (Å²) < 4.78 is 11.8. The molecule has 4 aromatic rings. The van der Waals surface area contributed by atoms with Crippen molar-refractivity contribution in [1.82, 2.24) is 35.1 Å². The quantitative estimate of drug-likeness (QED) is 0.0719. The molecule has 0 spiro atoms. The van der Waals surface area contributed by atoms with E-state index in [1.807, 2.05) is 6.92 Å². The number of fused-ring (bicyclic) bond motifs is 4. The summed E-state index contributed by atoms with van der Waals surface area (Å²) in [4.78, 5) is 28.5. The lowest BCUT2D eigenvalue weighted by Crippen LogP contribution is -2.49. The van der Waals surface area contributed by atoms with Crippen LogP contribution < -0.4 is 15.1 Å². The molecule has 0 amide bonds. The summed E-state index contributed by atoms with van der Waals surface area (Å²) in [5.41, 5.74) is 11.1. The van der Waals surface area contributed by atoms with E-state index in [0.29, 0.717) is 61.4 Å². The SMILES string of the molecule is Cc1cc2c(cc1/N=C1/C(C(C)(C)C)=Nn3nc(C(C)CNCOCOCC(C)c4nc5n(n4)N=C(C(C)(C)C)/C5=N/c4cc5c(cc4C)N(CCO)C(C)(C)CC5C)nc31)C(C)CC(C)(C)N2CCO. The Morgan fingerprint density at radius 3 is 1.55 bits per heavy atom. The van der Waals surface area contributed by atoms with E-state index >= 15 is 0 Å². The number of hydrogen-bond acceptors (Lipinski definition) is 15. The van der Waals surface area contributed by atoms with Crippen molar-refractivity contribution in [2.75, 3.05) is 62.8 Å². The number of hydrogen-bond donors (Lipinski definition) is 3. The van der Waals surface area contributed by atoms with Gasteiger partial charge in [0.15, 0.2) is 11.6 Å². The summed E-state index contributed by atoms with van der Waals surface area (Å²) >= 11 is 0. The number of aliphatic imine (C=N–C) groups is 2. The largest absolute Gasteiger partial charge is 0.395 e. The fraction of sp³-hybridized carbons (Fsp3) is 0.630. The molecule has 8 rings (SSSR count). The standard InChI is InChI=1S/C54H79N13O4/c1-31-21-41-37(33(3)25-53(13,14)64(41)17-19-68)23-39(31)56-43-45(51(7,8)9)60-66-49(43)58-47(62-66)35(5)27-55-29-71-30-70-28-36(6)48-59-50-44(46(52(10,11)12)61-67(50)63-48)57-40-24-38-34(4)26-54(15,16)65(18-20-69)42(38)22-32(40)2/h21-24,33-36,55,68-69H,17-20,25-30H2,1-16H3/b56-43-,57-44-. The minimum absolute atomic E-state index is 0.0300. The third-order valence-electron chi connectivity index (χ3n) is 14.5. The third kappa shape index (κ3) is 10.4. The summed E-state index contributed by atoms with van der Waals surface area (Å²) in [6, 6.07) is 8.87. The number of benzene rings is 2. The molecule has 0 saturated heterocycles. The van der Waals surface area contributed by atoms with Crippen LogP contribution in [0, 0.1) is 24.7 Å². The maximum atomic E-state index is 9.93. The number of rotatable bonds is 16. The smallest absolute Gasteiger partial charge is 0.204 e. The lowest BCUT2D eigenvalue weighted by Gasteiger charge is -2.47. The van der Waals surface area contributed by atoms with E-state index in [-0.39, 0.29) is 60.5 Å². The number of β-amino-alcohol motifs (C(OH)–C–C–N with tert-alkyl or cyclic N) is 2. The molecule has 71 heavy (non-hydrogen) atoms. The monoisotopic (exact) mass is 974 g/mol. The van der Waals surface area contributed by atoms with Gasteiger partial charge in [-0.3, -0.25) is 5.32 Å². The summed E-state index contributed by atoms with van der Waals surface area (Å²) in [5.74, 6) is 3.09. The van der Waals surface area contributed by atoms with E-state index in [4.69, 9.17) is 49.8 Å². The van der Waals surface area contributed by atoms with E-state index in [1.54, 1.807) is 9.58 Å². The van der Waals surface area contributed by atoms with Gasteiger partial charge in [0, 0.05) is 64.8 Å². The van der Waals surface area contributed by atoms with Gasteiger partial charge >= 0.3 is 0 Å². The minimum Gasteiger partial charge on any atom is -0.395 e. The fourth-order valence-electron chi connectivity index (χ4n) is 10.8. The van der Waals surface area contributed by atoms with E-state index < -0.39 is 0 Å². The van der Waals surface area contributed by atoms with Gasteiger partial charge in [-0.25, -0.2) is 20.0 Å². The molecule has 0 fully saturated rings. The lowest BCUT2D eigenvalue weighted by molar-refractivity contribution is -0.0631. The van der Waals surface area contributed by atoms with Crippen molar-refractivity contribution >= 4 is 45.6 Å². The molecular weight excluding hydrogens is 895 g/mol. The molecule has 4 aliphatic rings. The molecule has 384 valence electrons. The highest BCUT2D eigenvalue weighted by Gasteiger charge is 2.40. The summed E-state index contributed by atoms with van der Waals surface area (Å²) in [5, 5.41) is 42.7. The second-order valence-electron chi connectivity index (χ2n) is 23.8. The maximum Gasteiger partial charge on any atom is 0.204 e. The van der Waals surface area contributed by atoms with Crippen LogP contribution in [-0.2, 0) is 9.47 Å². The first-order valence-corrected chi connectivity index (χ1v) is 25.6.